The Morgan fingerprint density at radius 2 is 1.68 bits per heavy atom. The Bertz CT molecular complexity index is 1480. The number of aliphatic hydroxyl groups is 1. The van der Waals surface area contributed by atoms with Gasteiger partial charge in [0, 0.05) is 18.7 Å². The van der Waals surface area contributed by atoms with Crippen LogP contribution in [0.3, 0.4) is 0 Å². The molecule has 1 saturated heterocycles. The van der Waals surface area contributed by atoms with E-state index < -0.39 is 17.7 Å². The van der Waals surface area contributed by atoms with Crippen molar-refractivity contribution in [2.75, 3.05) is 39.9 Å². The Hall–Kier alpha value is -4.30. The van der Waals surface area contributed by atoms with Gasteiger partial charge in [-0.3, -0.25) is 9.59 Å². The van der Waals surface area contributed by atoms with Gasteiger partial charge in [-0.05, 0) is 73.0 Å². The largest absolute Gasteiger partial charge is 0.507 e. The van der Waals surface area contributed by atoms with Gasteiger partial charge < -0.3 is 29.1 Å². The van der Waals surface area contributed by atoms with Gasteiger partial charge in [0.2, 0.25) is 0 Å². The molecule has 1 aliphatic rings. The van der Waals surface area contributed by atoms with Crippen LogP contribution in [0.1, 0.15) is 56.0 Å². The molecule has 1 N–H and O–H groups in total. The smallest absolute Gasteiger partial charge is 0.295 e. The molecule has 44 heavy (non-hydrogen) atoms. The summed E-state index contributed by atoms with van der Waals surface area (Å²) in [6.45, 7) is 13.6. The third-order valence-electron chi connectivity index (χ3n) is 7.87. The van der Waals surface area contributed by atoms with E-state index in [9.17, 15) is 14.7 Å². The lowest BCUT2D eigenvalue weighted by atomic mass is 9.93. The first-order valence-corrected chi connectivity index (χ1v) is 15.3. The number of methoxy groups -OCH3 is 1. The SMILES string of the molecule is CCN(CC)CCN1C(=O)C(=O)/C(=C(/O)c2ccc(OCC(C)C)cc2C)C1c1ccc(OCc2ccccc2)c(OC)c1. The van der Waals surface area contributed by atoms with Crippen molar-refractivity contribution in [2.24, 2.45) is 5.92 Å². The Labute approximate surface area is 260 Å². The number of carbonyl (C=O) groups excluding carboxylic acids is 2. The maximum absolute atomic E-state index is 13.6. The van der Waals surface area contributed by atoms with Gasteiger partial charge in [0.1, 0.15) is 18.1 Å². The molecule has 0 saturated carbocycles. The molecule has 3 aromatic carbocycles. The van der Waals surface area contributed by atoms with Crippen LogP contribution in [0, 0.1) is 12.8 Å². The lowest BCUT2D eigenvalue weighted by Gasteiger charge is -2.28. The van der Waals surface area contributed by atoms with Crippen LogP contribution in [-0.4, -0.2) is 66.5 Å². The molecule has 0 aromatic heterocycles. The molecule has 1 fully saturated rings. The van der Waals surface area contributed by atoms with Crippen LogP contribution in [0.4, 0.5) is 0 Å². The number of rotatable bonds is 14. The molecule has 234 valence electrons. The maximum atomic E-state index is 13.6. The number of ketones is 1. The normalized spacial score (nSPS) is 16.2. The molecular weight excluding hydrogens is 556 g/mol. The number of Topliss-reactive ketones (excluding diaryl/α,β-unsaturated/α-hetero) is 1. The molecule has 0 bridgehead atoms. The average molecular weight is 601 g/mol. The topological polar surface area (TPSA) is 88.5 Å². The van der Waals surface area contributed by atoms with Crippen molar-refractivity contribution in [2.45, 2.75) is 47.3 Å². The molecule has 0 radical (unpaired) electrons. The van der Waals surface area contributed by atoms with E-state index in [1.54, 1.807) is 36.3 Å². The number of likely N-dealkylation sites (tertiary alicyclic amines) is 1. The number of benzene rings is 3. The maximum Gasteiger partial charge on any atom is 0.295 e. The summed E-state index contributed by atoms with van der Waals surface area (Å²) in [6, 6.07) is 19.8. The van der Waals surface area contributed by atoms with Crippen LogP contribution in [-0.2, 0) is 16.2 Å². The molecule has 1 unspecified atom stereocenters. The van der Waals surface area contributed by atoms with E-state index in [0.29, 0.717) is 60.6 Å². The summed E-state index contributed by atoms with van der Waals surface area (Å²) in [6.07, 6.45) is 0. The Balaban J connectivity index is 1.75. The summed E-state index contributed by atoms with van der Waals surface area (Å²) in [4.78, 5) is 30.9. The van der Waals surface area contributed by atoms with E-state index >= 15 is 0 Å². The molecule has 3 aromatic rings. The minimum absolute atomic E-state index is 0.0495. The van der Waals surface area contributed by atoms with Crippen molar-refractivity contribution in [3.63, 3.8) is 0 Å². The molecule has 0 spiro atoms. The predicted octanol–water partition coefficient (Wildman–Crippen LogP) is 6.38. The number of aryl methyl sites for hydroxylation is 1. The second kappa shape index (κ2) is 14.9. The third-order valence-corrected chi connectivity index (χ3v) is 7.87. The van der Waals surface area contributed by atoms with Crippen molar-refractivity contribution in [3.05, 3.63) is 94.6 Å². The van der Waals surface area contributed by atoms with Crippen LogP contribution in [0.25, 0.3) is 5.76 Å². The lowest BCUT2D eigenvalue weighted by Crippen LogP contribution is -2.38. The molecular formula is C36H44N2O6. The number of carbonyl (C=O) groups is 2. The van der Waals surface area contributed by atoms with Crippen LogP contribution in [0.15, 0.2) is 72.3 Å². The van der Waals surface area contributed by atoms with Crippen LogP contribution < -0.4 is 14.2 Å². The number of hydrogen-bond acceptors (Lipinski definition) is 7. The van der Waals surface area contributed by atoms with Gasteiger partial charge in [0.05, 0.1) is 25.3 Å². The predicted molar refractivity (Wildman–Crippen MR) is 172 cm³/mol. The zero-order chi connectivity index (χ0) is 31.8. The summed E-state index contributed by atoms with van der Waals surface area (Å²) in [5.74, 6) is 0.484. The monoisotopic (exact) mass is 600 g/mol. The van der Waals surface area contributed by atoms with Crippen molar-refractivity contribution in [3.8, 4) is 17.2 Å². The Morgan fingerprint density at radius 1 is 0.955 bits per heavy atom. The van der Waals surface area contributed by atoms with Crippen molar-refractivity contribution in [1.82, 2.24) is 9.80 Å². The highest BCUT2D eigenvalue weighted by atomic mass is 16.5. The Kier molecular flexibility index (Phi) is 11.1. The van der Waals surface area contributed by atoms with Crippen molar-refractivity contribution >= 4 is 17.4 Å². The average Bonchev–Trinajstić information content (AvgIpc) is 3.28. The highest BCUT2D eigenvalue weighted by molar-refractivity contribution is 6.46. The van der Waals surface area contributed by atoms with Gasteiger partial charge in [0.15, 0.2) is 11.5 Å². The fourth-order valence-electron chi connectivity index (χ4n) is 5.35. The number of ether oxygens (including phenoxy) is 3. The molecule has 8 heteroatoms. The first-order valence-electron chi connectivity index (χ1n) is 15.3. The second-order valence-corrected chi connectivity index (χ2v) is 11.4. The highest BCUT2D eigenvalue weighted by Gasteiger charge is 2.46. The molecule has 1 amide bonds. The first kappa shape index (κ1) is 32.6. The summed E-state index contributed by atoms with van der Waals surface area (Å²) in [5, 5.41) is 11.7. The van der Waals surface area contributed by atoms with Gasteiger partial charge in [-0.2, -0.15) is 0 Å². The van der Waals surface area contributed by atoms with Crippen molar-refractivity contribution < 1.29 is 28.9 Å². The van der Waals surface area contributed by atoms with Gasteiger partial charge >= 0.3 is 0 Å². The minimum Gasteiger partial charge on any atom is -0.507 e. The minimum atomic E-state index is -0.807. The molecule has 4 rings (SSSR count). The lowest BCUT2D eigenvalue weighted by molar-refractivity contribution is -0.140. The van der Waals surface area contributed by atoms with Crippen LogP contribution in [0.2, 0.25) is 0 Å². The van der Waals surface area contributed by atoms with E-state index in [0.717, 1.165) is 24.2 Å². The summed E-state index contributed by atoms with van der Waals surface area (Å²) < 4.78 is 17.6. The van der Waals surface area contributed by atoms with E-state index in [-0.39, 0.29) is 11.3 Å². The molecule has 8 nitrogen and oxygen atoms in total. The van der Waals surface area contributed by atoms with Gasteiger partial charge in [0.25, 0.3) is 11.7 Å². The van der Waals surface area contributed by atoms with E-state index in [1.807, 2.05) is 49.4 Å². The quantitative estimate of drug-likeness (QED) is 0.131. The van der Waals surface area contributed by atoms with Crippen LogP contribution in [0.5, 0.6) is 17.2 Å². The van der Waals surface area contributed by atoms with Gasteiger partial charge in [-0.15, -0.1) is 0 Å². The second-order valence-electron chi connectivity index (χ2n) is 11.4. The zero-order valence-electron chi connectivity index (χ0n) is 26.6. The number of amides is 1. The summed E-state index contributed by atoms with van der Waals surface area (Å²) in [5.41, 5.74) is 2.92. The molecule has 1 heterocycles. The fourth-order valence-corrected chi connectivity index (χ4v) is 5.35. The molecule has 0 aliphatic carbocycles. The first-order chi connectivity index (χ1) is 21.2. The number of likely N-dealkylation sites (N-methyl/N-ethyl adjacent to an activating group) is 1. The molecule has 1 atom stereocenters. The zero-order valence-corrected chi connectivity index (χ0v) is 26.6. The van der Waals surface area contributed by atoms with Gasteiger partial charge in [-0.1, -0.05) is 64.1 Å². The molecule has 1 aliphatic heterocycles. The van der Waals surface area contributed by atoms with Gasteiger partial charge in [-0.25, -0.2) is 0 Å². The van der Waals surface area contributed by atoms with Crippen LogP contribution >= 0.6 is 0 Å². The Morgan fingerprint density at radius 3 is 2.32 bits per heavy atom. The number of nitrogens with zero attached hydrogens (tertiary/aromatic N) is 2. The fraction of sp³-hybridized carbons (Fsp3) is 0.389. The number of hydrogen-bond donors (Lipinski definition) is 1. The van der Waals surface area contributed by atoms with Crippen molar-refractivity contribution in [1.29, 1.82) is 0 Å². The van der Waals surface area contributed by atoms with E-state index in [4.69, 9.17) is 14.2 Å². The third kappa shape index (κ3) is 7.42. The standard InChI is InChI=1S/C36H44N2O6/c1-7-37(8-2)18-19-38-33(27-14-17-30(31(21-27)42-6)44-23-26-12-10-9-11-13-26)32(35(40)36(38)41)34(39)29-16-15-28(20-25(29)5)43-22-24(3)4/h9-17,20-21,24,33,39H,7-8,18-19,22-23H2,1-6H3/b34-32+. The summed E-state index contributed by atoms with van der Waals surface area (Å²) in [7, 11) is 1.55. The van der Waals surface area contributed by atoms with E-state index in [2.05, 4.69) is 32.6 Å². The summed E-state index contributed by atoms with van der Waals surface area (Å²) >= 11 is 0. The number of aliphatic hydroxyl groups excluding tert-OH is 1. The van der Waals surface area contributed by atoms with E-state index in [1.165, 1.54) is 0 Å². The highest BCUT2D eigenvalue weighted by Crippen LogP contribution is 2.42.